The summed E-state index contributed by atoms with van der Waals surface area (Å²) in [6.07, 6.45) is 1.58. The monoisotopic (exact) mass is 418 g/mol. The summed E-state index contributed by atoms with van der Waals surface area (Å²) in [5.41, 5.74) is 3.74. The zero-order valence-electron chi connectivity index (χ0n) is 18.2. The highest BCUT2D eigenvalue weighted by Crippen LogP contribution is 2.26. The van der Waals surface area contributed by atoms with Gasteiger partial charge in [0.1, 0.15) is 23.3 Å². The topological polar surface area (TPSA) is 78.2 Å². The lowest BCUT2D eigenvalue weighted by atomic mass is 10.1. The predicted octanol–water partition coefficient (Wildman–Crippen LogP) is 3.24. The minimum Gasteiger partial charge on any atom is -0.497 e. The maximum atomic E-state index is 13.5. The van der Waals surface area contributed by atoms with Crippen LogP contribution in [-0.2, 0) is 17.9 Å². The first-order valence-electron chi connectivity index (χ1n) is 10.3. The highest BCUT2D eigenvalue weighted by atomic mass is 16.5. The van der Waals surface area contributed by atoms with Crippen LogP contribution in [0.3, 0.4) is 0 Å². The molecule has 0 aliphatic carbocycles. The Morgan fingerprint density at radius 1 is 1.16 bits per heavy atom. The largest absolute Gasteiger partial charge is 0.497 e. The number of carbonyl (C=O) groups excluding carboxylic acids is 1. The second-order valence-corrected chi connectivity index (χ2v) is 8.05. The molecule has 31 heavy (non-hydrogen) atoms. The van der Waals surface area contributed by atoms with Crippen LogP contribution in [0.15, 0.2) is 53.6 Å². The molecule has 4 aromatic rings. The van der Waals surface area contributed by atoms with E-state index in [1.807, 2.05) is 63.2 Å². The Balaban J connectivity index is 1.85. The quantitative estimate of drug-likeness (QED) is 0.521. The van der Waals surface area contributed by atoms with Crippen molar-refractivity contribution in [3.63, 3.8) is 0 Å². The van der Waals surface area contributed by atoms with Gasteiger partial charge >= 0.3 is 0 Å². The highest BCUT2D eigenvalue weighted by Gasteiger charge is 2.19. The van der Waals surface area contributed by atoms with E-state index in [9.17, 15) is 9.59 Å². The molecule has 7 nitrogen and oxygen atoms in total. The first kappa shape index (κ1) is 20.7. The molecule has 0 radical (unpaired) electrons. The summed E-state index contributed by atoms with van der Waals surface area (Å²) >= 11 is 0. The zero-order valence-corrected chi connectivity index (χ0v) is 18.2. The lowest BCUT2D eigenvalue weighted by Gasteiger charge is -2.11. The van der Waals surface area contributed by atoms with E-state index in [1.165, 1.54) is 0 Å². The van der Waals surface area contributed by atoms with E-state index in [1.54, 1.807) is 22.6 Å². The molecule has 160 valence electrons. The predicted molar refractivity (Wildman–Crippen MR) is 122 cm³/mol. The Labute approximate surface area is 180 Å². The third kappa shape index (κ3) is 4.03. The Hall–Kier alpha value is -3.61. The van der Waals surface area contributed by atoms with E-state index in [2.05, 4.69) is 10.3 Å². The molecule has 0 unspecified atom stereocenters. The lowest BCUT2D eigenvalue weighted by Crippen LogP contribution is -2.33. The van der Waals surface area contributed by atoms with Crippen LogP contribution in [0.2, 0.25) is 0 Å². The van der Waals surface area contributed by atoms with E-state index in [4.69, 9.17) is 4.74 Å². The van der Waals surface area contributed by atoms with Crippen molar-refractivity contribution in [3.8, 4) is 5.75 Å². The van der Waals surface area contributed by atoms with Crippen molar-refractivity contribution in [2.45, 2.75) is 39.9 Å². The summed E-state index contributed by atoms with van der Waals surface area (Å²) in [6.45, 7) is 6.27. The molecular formula is C24H26N4O3. The Morgan fingerprint density at radius 2 is 1.90 bits per heavy atom. The molecular weight excluding hydrogens is 392 g/mol. The van der Waals surface area contributed by atoms with Gasteiger partial charge in [-0.3, -0.25) is 14.2 Å². The number of rotatable bonds is 6. The zero-order chi connectivity index (χ0) is 22.1. The minimum atomic E-state index is -0.174. The Morgan fingerprint density at radius 3 is 2.58 bits per heavy atom. The molecule has 0 atom stereocenters. The van der Waals surface area contributed by atoms with Gasteiger partial charge in [0.2, 0.25) is 5.91 Å². The standard InChI is InChI=1S/C24H26N4O3/c1-15(2)26-21(29)13-28-20-10-5-16(3)11-19(20)22-23(28)24(30)27(14-25-22)12-17-6-8-18(31-4)9-7-17/h5-11,14-15H,12-13H2,1-4H3,(H,26,29). The van der Waals surface area contributed by atoms with Crippen molar-refractivity contribution in [2.24, 2.45) is 0 Å². The van der Waals surface area contributed by atoms with Gasteiger partial charge in [-0.2, -0.15) is 0 Å². The van der Waals surface area contributed by atoms with Gasteiger partial charge in [0.15, 0.2) is 0 Å². The molecule has 2 heterocycles. The number of fused-ring (bicyclic) bond motifs is 3. The van der Waals surface area contributed by atoms with Crippen molar-refractivity contribution in [2.75, 3.05) is 7.11 Å². The number of amides is 1. The molecule has 0 fully saturated rings. The molecule has 0 spiro atoms. The van der Waals surface area contributed by atoms with Crippen LogP contribution in [-0.4, -0.2) is 33.2 Å². The normalized spacial score (nSPS) is 11.4. The SMILES string of the molecule is COc1ccc(Cn2cnc3c4cc(C)ccc4n(CC(=O)NC(C)C)c3c2=O)cc1. The smallest absolute Gasteiger partial charge is 0.278 e. The van der Waals surface area contributed by atoms with Gasteiger partial charge in [-0.25, -0.2) is 4.98 Å². The average molecular weight is 418 g/mol. The third-order valence-corrected chi connectivity index (χ3v) is 5.25. The maximum Gasteiger partial charge on any atom is 0.278 e. The van der Waals surface area contributed by atoms with Crippen LogP contribution in [0.5, 0.6) is 5.75 Å². The molecule has 0 aliphatic heterocycles. The molecule has 0 saturated carbocycles. The summed E-state index contributed by atoms with van der Waals surface area (Å²) in [6, 6.07) is 13.5. The fourth-order valence-corrected chi connectivity index (χ4v) is 3.83. The van der Waals surface area contributed by atoms with Crippen LogP contribution in [0, 0.1) is 6.92 Å². The molecule has 2 aromatic heterocycles. The number of hydrogen-bond acceptors (Lipinski definition) is 4. The van der Waals surface area contributed by atoms with E-state index in [0.29, 0.717) is 17.6 Å². The third-order valence-electron chi connectivity index (χ3n) is 5.25. The lowest BCUT2D eigenvalue weighted by molar-refractivity contribution is -0.122. The van der Waals surface area contributed by atoms with Crippen LogP contribution >= 0.6 is 0 Å². The summed E-state index contributed by atoms with van der Waals surface area (Å²) in [4.78, 5) is 30.6. The van der Waals surface area contributed by atoms with Gasteiger partial charge < -0.3 is 14.6 Å². The highest BCUT2D eigenvalue weighted by molar-refractivity contribution is 6.06. The summed E-state index contributed by atoms with van der Waals surface area (Å²) in [5.74, 6) is 0.621. The number of hydrogen-bond donors (Lipinski definition) is 1. The number of nitrogens with one attached hydrogen (secondary N) is 1. The van der Waals surface area contributed by atoms with Crippen LogP contribution < -0.4 is 15.6 Å². The number of methoxy groups -OCH3 is 1. The Kier molecular flexibility index (Phi) is 5.50. The van der Waals surface area contributed by atoms with E-state index >= 15 is 0 Å². The van der Waals surface area contributed by atoms with Gasteiger partial charge in [0.25, 0.3) is 5.56 Å². The Bertz CT molecular complexity index is 1320. The molecule has 0 bridgehead atoms. The van der Waals surface area contributed by atoms with Crippen LogP contribution in [0.4, 0.5) is 0 Å². The number of benzene rings is 2. The van der Waals surface area contributed by atoms with Crippen LogP contribution in [0.1, 0.15) is 25.0 Å². The fraction of sp³-hybridized carbons (Fsp3) is 0.292. The van der Waals surface area contributed by atoms with Crippen molar-refractivity contribution in [3.05, 3.63) is 70.3 Å². The molecule has 1 amide bonds. The fourth-order valence-electron chi connectivity index (χ4n) is 3.83. The van der Waals surface area contributed by atoms with E-state index < -0.39 is 0 Å². The molecule has 0 saturated heterocycles. The van der Waals surface area contributed by atoms with Crippen LogP contribution in [0.25, 0.3) is 21.9 Å². The van der Waals surface area contributed by atoms with Gasteiger partial charge in [-0.1, -0.05) is 23.8 Å². The molecule has 0 aliphatic rings. The second kappa shape index (κ2) is 8.26. The van der Waals surface area contributed by atoms with E-state index in [0.717, 1.165) is 27.8 Å². The number of aromatic nitrogens is 3. The summed E-state index contributed by atoms with van der Waals surface area (Å²) < 4.78 is 8.56. The van der Waals surface area contributed by atoms with Crippen molar-refractivity contribution < 1.29 is 9.53 Å². The van der Waals surface area contributed by atoms with Crippen molar-refractivity contribution in [1.82, 2.24) is 19.4 Å². The van der Waals surface area contributed by atoms with Gasteiger partial charge in [0, 0.05) is 11.4 Å². The number of aryl methyl sites for hydroxylation is 1. The second-order valence-electron chi connectivity index (χ2n) is 8.05. The van der Waals surface area contributed by atoms with Gasteiger partial charge in [0.05, 0.1) is 25.5 Å². The van der Waals surface area contributed by atoms with Crippen molar-refractivity contribution >= 4 is 27.8 Å². The first-order chi connectivity index (χ1) is 14.9. The summed E-state index contributed by atoms with van der Waals surface area (Å²) in [5, 5.41) is 3.78. The maximum absolute atomic E-state index is 13.5. The number of nitrogens with zero attached hydrogens (tertiary/aromatic N) is 3. The molecule has 2 aromatic carbocycles. The van der Waals surface area contributed by atoms with Crippen molar-refractivity contribution in [1.29, 1.82) is 0 Å². The number of carbonyl (C=O) groups is 1. The number of ether oxygens (including phenoxy) is 1. The molecule has 7 heteroatoms. The molecule has 4 rings (SSSR count). The minimum absolute atomic E-state index is 0.0210. The average Bonchev–Trinajstić information content (AvgIpc) is 3.03. The van der Waals surface area contributed by atoms with Gasteiger partial charge in [-0.05, 0) is 50.6 Å². The van der Waals surface area contributed by atoms with Gasteiger partial charge in [-0.15, -0.1) is 0 Å². The first-order valence-corrected chi connectivity index (χ1v) is 10.3. The molecule has 1 N–H and O–H groups in total. The summed E-state index contributed by atoms with van der Waals surface area (Å²) in [7, 11) is 1.62. The van der Waals surface area contributed by atoms with E-state index in [-0.39, 0.29) is 24.1 Å².